The molecule has 0 radical (unpaired) electrons. The Morgan fingerprint density at radius 2 is 2.15 bits per heavy atom. The van der Waals surface area contributed by atoms with Gasteiger partial charge in [0.2, 0.25) is 0 Å². The summed E-state index contributed by atoms with van der Waals surface area (Å²) in [5.74, 6) is 0. The lowest BCUT2D eigenvalue weighted by molar-refractivity contribution is 0.334. The van der Waals surface area contributed by atoms with Crippen LogP contribution in [-0.2, 0) is 5.41 Å². The number of piperidine rings is 1. The Morgan fingerprint density at radius 3 is 2.77 bits per heavy atom. The molecule has 1 saturated heterocycles. The lowest BCUT2D eigenvalue weighted by atomic mass is 9.76. The van der Waals surface area contributed by atoms with Gasteiger partial charge in [-0.25, -0.2) is 0 Å². The summed E-state index contributed by atoms with van der Waals surface area (Å²) in [6, 6.07) is 4.22. The molecule has 2 nitrogen and oxygen atoms in total. The maximum absolute atomic E-state index is 4.18. The normalized spacial score (nSPS) is 21.3. The van der Waals surface area contributed by atoms with Crippen molar-refractivity contribution in [3.8, 4) is 0 Å². The van der Waals surface area contributed by atoms with Gasteiger partial charge in [0.1, 0.15) is 0 Å². The fourth-order valence-electron chi connectivity index (χ4n) is 1.99. The Morgan fingerprint density at radius 1 is 1.38 bits per heavy atom. The van der Waals surface area contributed by atoms with Crippen LogP contribution in [0.5, 0.6) is 0 Å². The third-order valence-electron chi connectivity index (χ3n) is 3.07. The molecule has 0 atom stereocenters. The van der Waals surface area contributed by atoms with Gasteiger partial charge in [0.15, 0.2) is 0 Å². The number of hydrogen-bond donors (Lipinski definition) is 1. The van der Waals surface area contributed by atoms with Gasteiger partial charge < -0.3 is 5.32 Å². The lowest BCUT2D eigenvalue weighted by Crippen LogP contribution is -2.37. The molecule has 0 aliphatic carbocycles. The molecule has 1 N–H and O–H groups in total. The molecule has 0 bridgehead atoms. The van der Waals surface area contributed by atoms with Crippen LogP contribution in [-0.4, -0.2) is 18.1 Å². The molecule has 0 spiro atoms. The Hall–Kier alpha value is -0.890. The molecule has 0 aromatic carbocycles. The van der Waals surface area contributed by atoms with E-state index in [1.165, 1.54) is 18.4 Å². The van der Waals surface area contributed by atoms with Crippen molar-refractivity contribution in [2.75, 3.05) is 13.1 Å². The molecule has 0 unspecified atom stereocenters. The number of nitrogens with one attached hydrogen (secondary N) is 1. The minimum atomic E-state index is 0.347. The monoisotopic (exact) mass is 176 g/mol. The van der Waals surface area contributed by atoms with Crippen LogP contribution >= 0.6 is 0 Å². The number of aromatic nitrogens is 1. The lowest BCUT2D eigenvalue weighted by Gasteiger charge is -2.34. The summed E-state index contributed by atoms with van der Waals surface area (Å²) in [5, 5.41) is 3.39. The second-order valence-electron chi connectivity index (χ2n) is 4.05. The predicted molar refractivity (Wildman–Crippen MR) is 53.7 cm³/mol. The fourth-order valence-corrected chi connectivity index (χ4v) is 1.99. The van der Waals surface area contributed by atoms with Crippen molar-refractivity contribution in [1.29, 1.82) is 0 Å². The van der Waals surface area contributed by atoms with Crippen molar-refractivity contribution in [1.82, 2.24) is 10.3 Å². The van der Waals surface area contributed by atoms with Crippen LogP contribution in [0.2, 0.25) is 0 Å². The summed E-state index contributed by atoms with van der Waals surface area (Å²) < 4.78 is 0. The molecule has 2 rings (SSSR count). The Labute approximate surface area is 79.4 Å². The summed E-state index contributed by atoms with van der Waals surface area (Å²) in [4.78, 5) is 4.18. The highest BCUT2D eigenvalue weighted by molar-refractivity contribution is 5.21. The van der Waals surface area contributed by atoms with Gasteiger partial charge in [-0.05, 0) is 43.0 Å². The van der Waals surface area contributed by atoms with Crippen LogP contribution in [0.1, 0.15) is 25.3 Å². The minimum absolute atomic E-state index is 0.347. The van der Waals surface area contributed by atoms with Gasteiger partial charge in [0.25, 0.3) is 0 Å². The SMILES string of the molecule is CC1(c2cccnc2)CCNCC1. The van der Waals surface area contributed by atoms with Gasteiger partial charge in [0, 0.05) is 12.4 Å². The molecule has 1 aromatic rings. The molecule has 2 heterocycles. The van der Waals surface area contributed by atoms with Crippen LogP contribution in [0.25, 0.3) is 0 Å². The van der Waals surface area contributed by atoms with Crippen LogP contribution in [0.15, 0.2) is 24.5 Å². The molecule has 1 aliphatic rings. The van der Waals surface area contributed by atoms with Gasteiger partial charge in [-0.2, -0.15) is 0 Å². The molecule has 1 aliphatic heterocycles. The van der Waals surface area contributed by atoms with E-state index >= 15 is 0 Å². The van der Waals surface area contributed by atoms with Crippen LogP contribution in [0.4, 0.5) is 0 Å². The van der Waals surface area contributed by atoms with Gasteiger partial charge in [-0.1, -0.05) is 13.0 Å². The van der Waals surface area contributed by atoms with Crippen molar-refractivity contribution in [3.63, 3.8) is 0 Å². The third kappa shape index (κ3) is 1.73. The summed E-state index contributed by atoms with van der Waals surface area (Å²) in [5.41, 5.74) is 1.73. The molecule has 2 heteroatoms. The molecule has 1 fully saturated rings. The zero-order valence-electron chi connectivity index (χ0n) is 8.09. The van der Waals surface area contributed by atoms with E-state index in [1.54, 1.807) is 0 Å². The van der Waals surface area contributed by atoms with Crippen molar-refractivity contribution in [3.05, 3.63) is 30.1 Å². The Bertz CT molecular complexity index is 263. The topological polar surface area (TPSA) is 24.9 Å². The first-order valence-electron chi connectivity index (χ1n) is 4.92. The predicted octanol–water partition coefficient (Wildman–Crippen LogP) is 1.72. The van der Waals surface area contributed by atoms with E-state index in [4.69, 9.17) is 0 Å². The molecule has 0 amide bonds. The Balaban J connectivity index is 2.23. The first-order valence-corrected chi connectivity index (χ1v) is 4.92. The molecule has 70 valence electrons. The van der Waals surface area contributed by atoms with Crippen LogP contribution < -0.4 is 5.32 Å². The molecule has 13 heavy (non-hydrogen) atoms. The summed E-state index contributed by atoms with van der Waals surface area (Å²) in [7, 11) is 0. The van der Waals surface area contributed by atoms with Gasteiger partial charge in [-0.3, -0.25) is 4.98 Å². The van der Waals surface area contributed by atoms with Crippen LogP contribution in [0, 0.1) is 0 Å². The summed E-state index contributed by atoms with van der Waals surface area (Å²) in [6.07, 6.45) is 6.29. The quantitative estimate of drug-likeness (QED) is 0.704. The van der Waals surface area contributed by atoms with E-state index in [9.17, 15) is 0 Å². The second-order valence-corrected chi connectivity index (χ2v) is 4.05. The molecule has 0 saturated carbocycles. The maximum atomic E-state index is 4.18. The minimum Gasteiger partial charge on any atom is -0.317 e. The van der Waals surface area contributed by atoms with E-state index in [0.29, 0.717) is 5.41 Å². The number of nitrogens with zero attached hydrogens (tertiary/aromatic N) is 1. The van der Waals surface area contributed by atoms with E-state index in [-0.39, 0.29) is 0 Å². The third-order valence-corrected chi connectivity index (χ3v) is 3.07. The largest absolute Gasteiger partial charge is 0.317 e. The van der Waals surface area contributed by atoms with E-state index in [2.05, 4.69) is 23.3 Å². The summed E-state index contributed by atoms with van der Waals surface area (Å²) in [6.45, 7) is 4.60. The average Bonchev–Trinajstić information content (AvgIpc) is 2.20. The van der Waals surface area contributed by atoms with Gasteiger partial charge >= 0.3 is 0 Å². The second kappa shape index (κ2) is 3.46. The van der Waals surface area contributed by atoms with E-state index < -0.39 is 0 Å². The van der Waals surface area contributed by atoms with Gasteiger partial charge in [0.05, 0.1) is 0 Å². The first-order chi connectivity index (χ1) is 6.31. The van der Waals surface area contributed by atoms with E-state index in [0.717, 1.165) is 13.1 Å². The number of rotatable bonds is 1. The average molecular weight is 176 g/mol. The van der Waals surface area contributed by atoms with Crippen molar-refractivity contribution in [2.45, 2.75) is 25.2 Å². The van der Waals surface area contributed by atoms with Crippen molar-refractivity contribution >= 4 is 0 Å². The van der Waals surface area contributed by atoms with Crippen LogP contribution in [0.3, 0.4) is 0 Å². The first kappa shape index (κ1) is 8.70. The van der Waals surface area contributed by atoms with Gasteiger partial charge in [-0.15, -0.1) is 0 Å². The smallest absolute Gasteiger partial charge is 0.0305 e. The number of hydrogen-bond acceptors (Lipinski definition) is 2. The highest BCUT2D eigenvalue weighted by Crippen LogP contribution is 2.31. The highest BCUT2D eigenvalue weighted by atomic mass is 14.9. The van der Waals surface area contributed by atoms with E-state index in [1.807, 2.05) is 18.5 Å². The standard InChI is InChI=1S/C11H16N2/c1-11(4-7-12-8-5-11)10-3-2-6-13-9-10/h2-3,6,9,12H,4-5,7-8H2,1H3. The fraction of sp³-hybridized carbons (Fsp3) is 0.545. The molecular formula is C11H16N2. The zero-order chi connectivity index (χ0) is 9.15. The van der Waals surface area contributed by atoms with Crippen molar-refractivity contribution in [2.24, 2.45) is 0 Å². The Kier molecular flexibility index (Phi) is 2.32. The molecule has 1 aromatic heterocycles. The zero-order valence-corrected chi connectivity index (χ0v) is 8.09. The highest BCUT2D eigenvalue weighted by Gasteiger charge is 2.28. The molecular weight excluding hydrogens is 160 g/mol. The maximum Gasteiger partial charge on any atom is 0.0305 e. The summed E-state index contributed by atoms with van der Waals surface area (Å²) >= 11 is 0. The van der Waals surface area contributed by atoms with Crippen molar-refractivity contribution < 1.29 is 0 Å². The number of pyridine rings is 1.